The minimum Gasteiger partial charge on any atom is -0.508 e. The highest BCUT2D eigenvalue weighted by Crippen LogP contribution is 2.45. The molecule has 0 bridgehead atoms. The summed E-state index contributed by atoms with van der Waals surface area (Å²) in [6.45, 7) is 1.51. The lowest BCUT2D eigenvalue weighted by atomic mass is 9.94. The first-order valence-corrected chi connectivity index (χ1v) is 7.84. The van der Waals surface area contributed by atoms with E-state index in [0.717, 1.165) is 19.2 Å². The summed E-state index contributed by atoms with van der Waals surface area (Å²) in [5.74, 6) is -3.96. The number of ether oxygens (including phenoxy) is 2. The van der Waals surface area contributed by atoms with Crippen molar-refractivity contribution < 1.29 is 34.4 Å². The van der Waals surface area contributed by atoms with Crippen molar-refractivity contribution in [1.29, 1.82) is 0 Å². The fourth-order valence-corrected chi connectivity index (χ4v) is 2.92. The zero-order valence-corrected chi connectivity index (χ0v) is 15.4. The molecule has 0 heterocycles. The van der Waals surface area contributed by atoms with Gasteiger partial charge in [-0.15, -0.1) is 0 Å². The fraction of sp³-hybridized carbons (Fsp3) is 0.176. The number of esters is 1. The third-order valence-corrected chi connectivity index (χ3v) is 4.61. The zero-order valence-electron chi connectivity index (χ0n) is 13.9. The molecule has 0 unspecified atom stereocenters. The van der Waals surface area contributed by atoms with Gasteiger partial charge in [-0.05, 0) is 18.6 Å². The first kappa shape index (κ1) is 19.7. The van der Waals surface area contributed by atoms with Crippen LogP contribution >= 0.6 is 23.2 Å². The molecule has 7 nitrogen and oxygen atoms in total. The van der Waals surface area contributed by atoms with Gasteiger partial charge < -0.3 is 24.8 Å². The largest absolute Gasteiger partial charge is 0.508 e. The summed E-state index contributed by atoms with van der Waals surface area (Å²) >= 11 is 12.1. The second kappa shape index (κ2) is 7.31. The molecule has 2 aromatic carbocycles. The smallest absolute Gasteiger partial charge is 0.338 e. The van der Waals surface area contributed by atoms with Crippen molar-refractivity contribution in [1.82, 2.24) is 0 Å². The topological polar surface area (TPSA) is 113 Å². The molecule has 138 valence electrons. The van der Waals surface area contributed by atoms with Crippen LogP contribution in [0.3, 0.4) is 0 Å². The lowest BCUT2D eigenvalue weighted by Gasteiger charge is -2.17. The van der Waals surface area contributed by atoms with E-state index in [4.69, 9.17) is 27.9 Å². The summed E-state index contributed by atoms with van der Waals surface area (Å²) in [5, 5.41) is 29.9. The minimum absolute atomic E-state index is 0.0171. The van der Waals surface area contributed by atoms with Gasteiger partial charge in [0.1, 0.15) is 22.8 Å². The van der Waals surface area contributed by atoms with Crippen molar-refractivity contribution in [3.8, 4) is 23.0 Å². The standard InChI is InChI=1S/C17H14Cl2O7/c1-6-12(18)15(23)11(16(25-2)13(6)19)14(22)10-8(17(24)26-3)4-7(20)5-9(10)21/h4-5,20-21,23H,1-3H3. The molecule has 0 radical (unpaired) electrons. The van der Waals surface area contributed by atoms with Gasteiger partial charge in [-0.25, -0.2) is 4.79 Å². The number of carbonyl (C=O) groups excluding carboxylic acids is 2. The summed E-state index contributed by atoms with van der Waals surface area (Å²) in [6.07, 6.45) is 0. The second-order valence-corrected chi connectivity index (χ2v) is 5.97. The molecule has 3 N–H and O–H groups in total. The van der Waals surface area contributed by atoms with Crippen LogP contribution in [0.1, 0.15) is 31.8 Å². The number of hydrogen-bond acceptors (Lipinski definition) is 7. The van der Waals surface area contributed by atoms with Gasteiger partial charge >= 0.3 is 5.97 Å². The fourth-order valence-electron chi connectivity index (χ4n) is 2.42. The number of phenolic OH excluding ortho intramolecular Hbond substituents is 3. The number of ketones is 1. The maximum atomic E-state index is 13.0. The molecule has 9 heteroatoms. The number of phenols is 3. The normalized spacial score (nSPS) is 10.5. The van der Waals surface area contributed by atoms with Crippen molar-refractivity contribution in [2.24, 2.45) is 0 Å². The van der Waals surface area contributed by atoms with Gasteiger partial charge in [-0.3, -0.25) is 4.79 Å². The van der Waals surface area contributed by atoms with E-state index in [1.54, 1.807) is 0 Å². The lowest BCUT2D eigenvalue weighted by Crippen LogP contribution is -2.13. The third-order valence-electron chi connectivity index (χ3n) is 3.70. The first-order valence-electron chi connectivity index (χ1n) is 7.09. The predicted molar refractivity (Wildman–Crippen MR) is 94.0 cm³/mol. The SMILES string of the molecule is COC(=O)c1cc(O)cc(O)c1C(=O)c1c(O)c(Cl)c(C)c(Cl)c1OC. The van der Waals surface area contributed by atoms with Crippen LogP contribution in [0.15, 0.2) is 12.1 Å². The highest BCUT2D eigenvalue weighted by Gasteiger charge is 2.31. The van der Waals surface area contributed by atoms with Crippen LogP contribution in [0.4, 0.5) is 0 Å². The van der Waals surface area contributed by atoms with Crippen molar-refractivity contribution in [2.45, 2.75) is 6.92 Å². The van der Waals surface area contributed by atoms with Gasteiger partial charge in [0.2, 0.25) is 5.78 Å². The average Bonchev–Trinajstić information content (AvgIpc) is 2.60. The Morgan fingerprint density at radius 1 is 1.00 bits per heavy atom. The molecular weight excluding hydrogens is 387 g/mol. The number of rotatable bonds is 4. The molecule has 26 heavy (non-hydrogen) atoms. The third kappa shape index (κ3) is 3.11. The van der Waals surface area contributed by atoms with E-state index in [1.165, 1.54) is 14.0 Å². The van der Waals surface area contributed by atoms with Gasteiger partial charge in [-0.1, -0.05) is 23.2 Å². The highest BCUT2D eigenvalue weighted by molar-refractivity contribution is 6.39. The second-order valence-electron chi connectivity index (χ2n) is 5.22. The summed E-state index contributed by atoms with van der Waals surface area (Å²) in [6, 6.07) is 1.81. The lowest BCUT2D eigenvalue weighted by molar-refractivity contribution is 0.0596. The molecule has 0 fully saturated rings. The van der Waals surface area contributed by atoms with Crippen LogP contribution in [0, 0.1) is 6.92 Å². The van der Waals surface area contributed by atoms with Gasteiger partial charge in [0.25, 0.3) is 0 Å². The van der Waals surface area contributed by atoms with Gasteiger partial charge in [0, 0.05) is 6.07 Å². The predicted octanol–water partition coefficient (Wildman–Crippen LogP) is 3.44. The molecule has 0 saturated carbocycles. The Labute approximate surface area is 158 Å². The van der Waals surface area contributed by atoms with Crippen LogP contribution in [0.25, 0.3) is 0 Å². The maximum absolute atomic E-state index is 13.0. The average molecular weight is 401 g/mol. The van der Waals surface area contributed by atoms with Crippen molar-refractivity contribution in [3.63, 3.8) is 0 Å². The molecular formula is C17H14Cl2O7. The molecule has 0 aliphatic heterocycles. The van der Waals surface area contributed by atoms with E-state index in [0.29, 0.717) is 0 Å². The van der Waals surface area contributed by atoms with Crippen molar-refractivity contribution in [2.75, 3.05) is 14.2 Å². The van der Waals surface area contributed by atoms with E-state index >= 15 is 0 Å². The number of hydrogen-bond donors (Lipinski definition) is 3. The highest BCUT2D eigenvalue weighted by atomic mass is 35.5. The molecule has 2 aromatic rings. The van der Waals surface area contributed by atoms with E-state index in [1.807, 2.05) is 0 Å². The molecule has 0 aliphatic carbocycles. The molecule has 0 aliphatic rings. The number of carbonyl (C=O) groups is 2. The quantitative estimate of drug-likeness (QED) is 0.531. The zero-order chi connectivity index (χ0) is 19.8. The van der Waals surface area contributed by atoms with E-state index in [9.17, 15) is 24.9 Å². The number of aromatic hydroxyl groups is 3. The van der Waals surface area contributed by atoms with Crippen molar-refractivity contribution in [3.05, 3.63) is 44.4 Å². The van der Waals surface area contributed by atoms with Crippen molar-refractivity contribution >= 4 is 35.0 Å². The van der Waals surface area contributed by atoms with E-state index in [2.05, 4.69) is 4.74 Å². The molecule has 0 atom stereocenters. The van der Waals surface area contributed by atoms with E-state index < -0.39 is 45.7 Å². The number of methoxy groups -OCH3 is 2. The molecule has 0 saturated heterocycles. The Hall–Kier alpha value is -2.64. The molecule has 2 rings (SSSR count). The van der Waals surface area contributed by atoms with Crippen LogP contribution in [-0.4, -0.2) is 41.3 Å². The minimum atomic E-state index is -0.999. The maximum Gasteiger partial charge on any atom is 0.338 e. The van der Waals surface area contributed by atoms with Crippen LogP contribution in [-0.2, 0) is 4.74 Å². The number of halogens is 2. The van der Waals surface area contributed by atoms with Crippen LogP contribution in [0.2, 0.25) is 10.0 Å². The van der Waals surface area contributed by atoms with Gasteiger partial charge in [0.15, 0.2) is 5.75 Å². The van der Waals surface area contributed by atoms with Crippen LogP contribution in [0.5, 0.6) is 23.0 Å². The Morgan fingerprint density at radius 3 is 2.15 bits per heavy atom. The number of benzene rings is 2. The Bertz CT molecular complexity index is 922. The Kier molecular flexibility index (Phi) is 5.53. The Morgan fingerprint density at radius 2 is 1.62 bits per heavy atom. The monoisotopic (exact) mass is 400 g/mol. The summed E-state index contributed by atoms with van der Waals surface area (Å²) < 4.78 is 9.67. The molecule has 0 spiro atoms. The summed E-state index contributed by atoms with van der Waals surface area (Å²) in [7, 11) is 2.29. The Balaban J connectivity index is 2.86. The summed E-state index contributed by atoms with van der Waals surface area (Å²) in [5.41, 5.74) is -1.09. The first-order chi connectivity index (χ1) is 12.1. The molecule has 0 amide bonds. The van der Waals surface area contributed by atoms with Gasteiger partial charge in [-0.2, -0.15) is 0 Å². The summed E-state index contributed by atoms with van der Waals surface area (Å²) in [4.78, 5) is 25.0. The van der Waals surface area contributed by atoms with Crippen LogP contribution < -0.4 is 4.74 Å². The molecule has 0 aromatic heterocycles. The van der Waals surface area contributed by atoms with Gasteiger partial charge in [0.05, 0.1) is 35.4 Å². The van der Waals surface area contributed by atoms with E-state index in [-0.39, 0.29) is 21.4 Å².